The highest BCUT2D eigenvalue weighted by Gasteiger charge is 2.40. The molecule has 3 N–H and O–H groups in total. The van der Waals surface area contributed by atoms with E-state index in [1.807, 2.05) is 42.5 Å². The van der Waals surface area contributed by atoms with Crippen LogP contribution in [0.5, 0.6) is 5.75 Å². The number of pyridine rings is 1. The zero-order chi connectivity index (χ0) is 34.3. The van der Waals surface area contributed by atoms with Crippen molar-refractivity contribution in [2.75, 3.05) is 6.54 Å². The van der Waals surface area contributed by atoms with Crippen molar-refractivity contribution in [1.82, 2.24) is 15.6 Å². The highest BCUT2D eigenvalue weighted by Crippen LogP contribution is 2.41. The number of rotatable bonds is 16. The molecule has 4 aromatic rings. The molecule has 1 aromatic heterocycles. The van der Waals surface area contributed by atoms with Gasteiger partial charge in [-0.15, -0.1) is 0 Å². The van der Waals surface area contributed by atoms with Crippen LogP contribution in [0, 0.1) is 0 Å². The van der Waals surface area contributed by atoms with E-state index >= 15 is 0 Å². The Morgan fingerprint density at radius 3 is 2.13 bits per heavy atom. The molecular weight excluding hydrogens is 607 g/mol. The first-order valence-corrected chi connectivity index (χ1v) is 19.3. The van der Waals surface area contributed by atoms with Gasteiger partial charge in [-0.2, -0.15) is 0 Å². The minimum atomic E-state index is -2.15. The lowest BCUT2D eigenvalue weighted by molar-refractivity contribution is -0.117. The molecule has 0 fully saturated rings. The van der Waals surface area contributed by atoms with Gasteiger partial charge in [0, 0.05) is 24.0 Å². The van der Waals surface area contributed by atoms with Crippen LogP contribution in [0.4, 0.5) is 0 Å². The minimum absolute atomic E-state index is 0.0497. The van der Waals surface area contributed by atoms with Gasteiger partial charge in [0.1, 0.15) is 12.4 Å². The van der Waals surface area contributed by atoms with Gasteiger partial charge in [0.25, 0.3) is 0 Å². The molecule has 0 aliphatic heterocycles. The first-order chi connectivity index (χ1) is 22.5. The third-order valence-corrected chi connectivity index (χ3v) is 13.2. The van der Waals surface area contributed by atoms with Gasteiger partial charge in [-0.1, -0.05) is 114 Å². The Labute approximate surface area is 280 Å². The molecular formula is C38H51N3O5Si. The van der Waals surface area contributed by atoms with Crippen molar-refractivity contribution in [2.45, 2.75) is 90.3 Å². The van der Waals surface area contributed by atoms with Crippen molar-refractivity contribution in [3.63, 3.8) is 0 Å². The Kier molecular flexibility index (Phi) is 14.6. The summed E-state index contributed by atoms with van der Waals surface area (Å²) >= 11 is 0. The van der Waals surface area contributed by atoms with Gasteiger partial charge in [0.2, 0.25) is 18.4 Å². The van der Waals surface area contributed by atoms with E-state index < -0.39 is 8.32 Å². The highest BCUT2D eigenvalue weighted by molar-refractivity contribution is 6.74. The van der Waals surface area contributed by atoms with Crippen LogP contribution >= 0.6 is 0 Å². The van der Waals surface area contributed by atoms with Crippen molar-refractivity contribution >= 4 is 32.0 Å². The molecule has 4 rings (SSSR count). The second kappa shape index (κ2) is 18.3. The number of benzene rings is 3. The second-order valence-electron chi connectivity index (χ2n) is 13.2. The van der Waals surface area contributed by atoms with Gasteiger partial charge in [0.05, 0.1) is 11.6 Å². The number of carbonyl (C=O) groups is 2. The number of carbonyl (C=O) groups excluding carboxylic acids is 2. The van der Waals surface area contributed by atoms with Gasteiger partial charge in [-0.3, -0.25) is 14.4 Å². The summed E-state index contributed by atoms with van der Waals surface area (Å²) in [6, 6.07) is 28.7. The predicted octanol–water partition coefficient (Wildman–Crippen LogP) is 7.97. The number of hydrogen-bond acceptors (Lipinski definition) is 6. The molecule has 2 unspecified atom stereocenters. The molecule has 0 saturated heterocycles. The Morgan fingerprint density at radius 1 is 0.872 bits per heavy atom. The van der Waals surface area contributed by atoms with Crippen LogP contribution in [0.1, 0.15) is 82.2 Å². The maximum absolute atomic E-state index is 12.5. The van der Waals surface area contributed by atoms with E-state index in [1.54, 1.807) is 11.4 Å². The molecule has 252 valence electrons. The average molecular weight is 658 g/mol. The van der Waals surface area contributed by atoms with E-state index in [2.05, 4.69) is 87.5 Å². The number of unbranched alkanes of at least 4 members (excludes halogenated alkanes) is 2. The fourth-order valence-electron chi connectivity index (χ4n) is 5.08. The zero-order valence-corrected chi connectivity index (χ0v) is 29.7. The summed E-state index contributed by atoms with van der Waals surface area (Å²) < 4.78 is 13.4. The molecule has 9 heteroatoms. The largest absolute Gasteiger partial charge is 0.487 e. The SMILES string of the molecule is CCCCCC(NCC(O[Si](C)(C)C(C)(C)C)c1ccc(OCc2ccccc2)c2[nH]c(=O)ccc12)c1ccccc1.O=CNC=O. The number of aromatic nitrogens is 1. The van der Waals surface area contributed by atoms with Gasteiger partial charge >= 0.3 is 0 Å². The monoisotopic (exact) mass is 657 g/mol. The topological polar surface area (TPSA) is 110 Å². The van der Waals surface area contributed by atoms with Gasteiger partial charge in [-0.25, -0.2) is 0 Å². The predicted molar refractivity (Wildman–Crippen MR) is 193 cm³/mol. The third kappa shape index (κ3) is 11.3. The van der Waals surface area contributed by atoms with Crippen LogP contribution in [0.15, 0.2) is 89.7 Å². The summed E-state index contributed by atoms with van der Waals surface area (Å²) in [6.07, 6.45) is 5.10. The number of imide groups is 1. The number of aromatic amines is 1. The molecule has 2 atom stereocenters. The second-order valence-corrected chi connectivity index (χ2v) is 17.9. The Hall–Kier alpha value is -4.05. The Balaban J connectivity index is 0.00000111. The van der Waals surface area contributed by atoms with Crippen molar-refractivity contribution in [2.24, 2.45) is 0 Å². The summed E-state index contributed by atoms with van der Waals surface area (Å²) in [4.78, 5) is 33.7. The molecule has 3 aromatic carbocycles. The summed E-state index contributed by atoms with van der Waals surface area (Å²) in [6.45, 7) is 14.8. The molecule has 0 spiro atoms. The smallest absolute Gasteiger partial charge is 0.248 e. The van der Waals surface area contributed by atoms with E-state index in [0.717, 1.165) is 22.9 Å². The fourth-order valence-corrected chi connectivity index (χ4v) is 6.35. The summed E-state index contributed by atoms with van der Waals surface area (Å²) in [7, 11) is -2.15. The average Bonchev–Trinajstić information content (AvgIpc) is 3.05. The molecule has 0 aliphatic carbocycles. The van der Waals surface area contributed by atoms with Crippen LogP contribution in [0.3, 0.4) is 0 Å². The third-order valence-electron chi connectivity index (χ3n) is 8.70. The fraction of sp³-hybridized carbons (Fsp3) is 0.395. The van der Waals surface area contributed by atoms with Crippen molar-refractivity contribution in [3.8, 4) is 5.75 Å². The maximum atomic E-state index is 12.5. The van der Waals surface area contributed by atoms with Crippen LogP contribution in [-0.2, 0) is 20.6 Å². The highest BCUT2D eigenvalue weighted by atomic mass is 28.4. The number of nitrogens with one attached hydrogen (secondary N) is 3. The number of hydrogen-bond donors (Lipinski definition) is 3. The van der Waals surface area contributed by atoms with Crippen molar-refractivity contribution < 1.29 is 18.8 Å². The van der Waals surface area contributed by atoms with E-state index in [9.17, 15) is 4.79 Å². The first kappa shape index (κ1) is 37.4. The van der Waals surface area contributed by atoms with Gasteiger partial charge in [-0.05, 0) is 53.4 Å². The van der Waals surface area contributed by atoms with Crippen LogP contribution in [-0.4, -0.2) is 32.7 Å². The number of fused-ring (bicyclic) bond motifs is 1. The lowest BCUT2D eigenvalue weighted by Crippen LogP contribution is -2.44. The Bertz CT molecular complexity index is 1580. The quantitative estimate of drug-likeness (QED) is 0.0641. The Morgan fingerprint density at radius 2 is 1.53 bits per heavy atom. The number of ether oxygens (including phenoxy) is 1. The van der Waals surface area contributed by atoms with Crippen molar-refractivity contribution in [3.05, 3.63) is 112 Å². The lowest BCUT2D eigenvalue weighted by Gasteiger charge is -2.40. The molecule has 2 amide bonds. The summed E-state index contributed by atoms with van der Waals surface area (Å²) in [5.74, 6) is 0.663. The zero-order valence-electron chi connectivity index (χ0n) is 28.7. The van der Waals surface area contributed by atoms with Gasteiger partial charge in [0.15, 0.2) is 8.32 Å². The molecule has 0 bridgehead atoms. The number of amides is 2. The van der Waals surface area contributed by atoms with E-state index in [1.165, 1.54) is 24.8 Å². The lowest BCUT2D eigenvalue weighted by atomic mass is 9.98. The standard InChI is InChI=1S/C36H48N2O3Si.C2H3NO2/c1-7-8-11-20-31(28-18-14-10-15-19-28)37-25-33(41-42(5,6)36(2,3)4)29-21-23-32(35-30(29)22-24-34(39)38-35)40-26-27-16-12-9-13-17-27;4-1-3-2-5/h9-10,12-19,21-24,31,33,37H,7-8,11,20,25-26H2,1-6H3,(H,38,39);1-2H,(H,3,4,5). The van der Waals surface area contributed by atoms with Crippen molar-refractivity contribution in [1.29, 1.82) is 0 Å². The van der Waals surface area contributed by atoms with E-state index in [-0.39, 0.29) is 22.7 Å². The molecule has 0 saturated carbocycles. The van der Waals surface area contributed by atoms with E-state index in [4.69, 9.17) is 18.8 Å². The minimum Gasteiger partial charge on any atom is -0.487 e. The molecule has 0 radical (unpaired) electrons. The molecule has 0 aliphatic rings. The molecule has 47 heavy (non-hydrogen) atoms. The maximum Gasteiger partial charge on any atom is 0.248 e. The van der Waals surface area contributed by atoms with Crippen LogP contribution in [0.25, 0.3) is 10.9 Å². The molecule has 8 nitrogen and oxygen atoms in total. The molecule has 1 heterocycles. The van der Waals surface area contributed by atoms with E-state index in [0.29, 0.717) is 37.2 Å². The normalized spacial score (nSPS) is 12.8. The first-order valence-electron chi connectivity index (χ1n) is 16.4. The van der Waals surface area contributed by atoms with Crippen LogP contribution < -0.4 is 20.9 Å². The number of H-pyrrole nitrogens is 1. The summed E-state index contributed by atoms with van der Waals surface area (Å²) in [5.41, 5.74) is 4.00. The van der Waals surface area contributed by atoms with Gasteiger partial charge < -0.3 is 24.8 Å². The van der Waals surface area contributed by atoms with Crippen LogP contribution in [0.2, 0.25) is 18.1 Å². The summed E-state index contributed by atoms with van der Waals surface area (Å²) in [5, 5.41) is 6.65.